The molecule has 3 saturated carbocycles. The van der Waals surface area contributed by atoms with Crippen LogP contribution in [0.4, 0.5) is 0 Å². The van der Waals surface area contributed by atoms with Crippen LogP contribution in [-0.2, 0) is 14.3 Å². The number of ether oxygens (including phenoxy) is 1. The maximum absolute atomic E-state index is 12.8. The lowest BCUT2D eigenvalue weighted by molar-refractivity contribution is -0.136. The molecule has 0 bridgehead atoms. The summed E-state index contributed by atoms with van der Waals surface area (Å²) in [7, 11) is 0. The minimum atomic E-state index is -0.101. The van der Waals surface area contributed by atoms with E-state index in [2.05, 4.69) is 49.7 Å². The van der Waals surface area contributed by atoms with Crippen molar-refractivity contribution in [1.82, 2.24) is 20.9 Å². The van der Waals surface area contributed by atoms with E-state index in [4.69, 9.17) is 4.74 Å². The summed E-state index contributed by atoms with van der Waals surface area (Å²) in [5.74, 6) is 4.11. The molecule has 7 aliphatic rings. The van der Waals surface area contributed by atoms with Gasteiger partial charge in [0.05, 0.1) is 6.10 Å². The van der Waals surface area contributed by atoms with Crippen LogP contribution in [-0.4, -0.2) is 67.3 Å². The summed E-state index contributed by atoms with van der Waals surface area (Å²) in [6.45, 7) is 14.2. The van der Waals surface area contributed by atoms with Crippen molar-refractivity contribution in [2.45, 2.75) is 110 Å². The second kappa shape index (κ2) is 10.3. The van der Waals surface area contributed by atoms with Crippen molar-refractivity contribution in [3.63, 3.8) is 0 Å². The van der Waals surface area contributed by atoms with Crippen molar-refractivity contribution in [3.8, 4) is 0 Å². The first-order chi connectivity index (χ1) is 19.6. The molecule has 3 heterocycles. The molecule has 0 aromatic rings. The minimum absolute atomic E-state index is 0.0174. The van der Waals surface area contributed by atoms with Gasteiger partial charge in [0.1, 0.15) is 12.1 Å². The molecule has 7 heteroatoms. The molecule has 3 N–H and O–H groups in total. The Morgan fingerprint density at radius 3 is 2.63 bits per heavy atom. The molecule has 0 aromatic carbocycles. The van der Waals surface area contributed by atoms with Crippen molar-refractivity contribution < 1.29 is 14.3 Å². The summed E-state index contributed by atoms with van der Waals surface area (Å²) in [6, 6.07) is 0.157. The first-order valence-corrected chi connectivity index (χ1v) is 17.0. The summed E-state index contributed by atoms with van der Waals surface area (Å²) in [5, 5.41) is 10.4. The maximum atomic E-state index is 12.8. The lowest BCUT2D eigenvalue weighted by Gasteiger charge is -2.58. The van der Waals surface area contributed by atoms with E-state index in [1.165, 1.54) is 38.5 Å². The second-order valence-electron chi connectivity index (χ2n) is 15.7. The smallest absolute Gasteiger partial charge is 0.232 e. The van der Waals surface area contributed by atoms with Crippen molar-refractivity contribution in [3.05, 3.63) is 11.6 Å². The first kappa shape index (κ1) is 28.3. The van der Waals surface area contributed by atoms with Gasteiger partial charge in [0.15, 0.2) is 0 Å². The average molecular weight is 567 g/mol. The van der Waals surface area contributed by atoms with E-state index in [1.54, 1.807) is 5.57 Å². The van der Waals surface area contributed by atoms with Gasteiger partial charge >= 0.3 is 0 Å². The van der Waals surface area contributed by atoms with E-state index in [-0.39, 0.29) is 35.4 Å². The number of hydrogen-bond acceptors (Lipinski definition) is 5. The highest BCUT2D eigenvalue weighted by Gasteiger charge is 2.68. The molecule has 3 aliphatic heterocycles. The van der Waals surface area contributed by atoms with E-state index < -0.39 is 0 Å². The third-order valence-electron chi connectivity index (χ3n) is 13.7. The van der Waals surface area contributed by atoms with E-state index in [0.717, 1.165) is 62.6 Å². The highest BCUT2D eigenvalue weighted by molar-refractivity contribution is 5.97. The van der Waals surface area contributed by atoms with Gasteiger partial charge in [-0.05, 0) is 98.2 Å². The van der Waals surface area contributed by atoms with Crippen LogP contribution in [0, 0.1) is 46.3 Å². The van der Waals surface area contributed by atoms with Crippen LogP contribution in [0.1, 0.15) is 91.9 Å². The van der Waals surface area contributed by atoms with E-state index >= 15 is 0 Å². The first-order valence-electron chi connectivity index (χ1n) is 17.0. The van der Waals surface area contributed by atoms with Crippen LogP contribution in [0.15, 0.2) is 11.6 Å². The van der Waals surface area contributed by atoms with Gasteiger partial charge in [-0.15, -0.1) is 0 Å². The molecule has 4 aliphatic carbocycles. The Kier molecular flexibility index (Phi) is 7.14. The SMILES string of the molecule is C[C@@H]1CC[C@@]2(NC1)O[C@H]1C[C@H]3[C@@H]4CC=C5C[C@@H](NC(=O)CC(=O)N6CCNCC6)CC[C@]5(C)[C@H]4CC[C@]3(C)[C@H]1[C@@H]2C. The highest BCUT2D eigenvalue weighted by Crippen LogP contribution is 2.70. The number of amides is 2. The lowest BCUT2D eigenvalue weighted by atomic mass is 9.46. The van der Waals surface area contributed by atoms with Gasteiger partial charge in [0.2, 0.25) is 11.8 Å². The number of rotatable bonds is 3. The van der Waals surface area contributed by atoms with Gasteiger partial charge in [-0.2, -0.15) is 0 Å². The largest absolute Gasteiger partial charge is 0.357 e. The average Bonchev–Trinajstić information content (AvgIpc) is 3.40. The van der Waals surface area contributed by atoms with Crippen LogP contribution >= 0.6 is 0 Å². The van der Waals surface area contributed by atoms with Crippen LogP contribution < -0.4 is 16.0 Å². The van der Waals surface area contributed by atoms with Gasteiger partial charge in [-0.3, -0.25) is 14.9 Å². The number of hydrogen-bond donors (Lipinski definition) is 3. The molecule has 1 spiro atoms. The number of nitrogens with zero attached hydrogens (tertiary/aromatic N) is 1. The van der Waals surface area contributed by atoms with Crippen molar-refractivity contribution in [1.29, 1.82) is 0 Å². The molecule has 3 saturated heterocycles. The molecule has 7 nitrogen and oxygen atoms in total. The molecule has 0 aromatic heterocycles. The predicted molar refractivity (Wildman–Crippen MR) is 160 cm³/mol. The standard InChI is InChI=1S/C34H54N4O3/c1-21-7-12-34(36-20-21)22(2)31-28(41-34)18-27-25-6-5-23-17-24(8-10-32(23,3)26(25)9-11-33(27,31)4)37-29(39)19-30(40)38-15-13-35-14-16-38/h5,21-22,24-28,31,35-36H,6-20H2,1-4H3,(H,37,39)/t21-,22+,24+,25-,26+,27+,28+,31+,32+,33+,34-/m1/s1. The summed E-state index contributed by atoms with van der Waals surface area (Å²) in [5.41, 5.74) is 2.11. The van der Waals surface area contributed by atoms with Crippen LogP contribution in [0.3, 0.4) is 0 Å². The zero-order valence-corrected chi connectivity index (χ0v) is 26.0. The van der Waals surface area contributed by atoms with Gasteiger partial charge in [-0.1, -0.05) is 39.3 Å². The Bertz CT molecular complexity index is 1080. The number of fused-ring (bicyclic) bond motifs is 7. The summed E-state index contributed by atoms with van der Waals surface area (Å²) >= 11 is 0. The minimum Gasteiger partial charge on any atom is -0.357 e. The van der Waals surface area contributed by atoms with Gasteiger partial charge in [0.25, 0.3) is 0 Å². The molecular weight excluding hydrogens is 512 g/mol. The molecule has 228 valence electrons. The third kappa shape index (κ3) is 4.54. The van der Waals surface area contributed by atoms with Crippen LogP contribution in [0.25, 0.3) is 0 Å². The summed E-state index contributed by atoms with van der Waals surface area (Å²) in [4.78, 5) is 27.3. The highest BCUT2D eigenvalue weighted by atomic mass is 16.5. The van der Waals surface area contributed by atoms with Gasteiger partial charge in [-0.25, -0.2) is 0 Å². The fourth-order valence-electron chi connectivity index (χ4n) is 11.4. The number of piperidine rings is 1. The third-order valence-corrected chi connectivity index (χ3v) is 13.7. The Morgan fingerprint density at radius 2 is 1.88 bits per heavy atom. The quantitative estimate of drug-likeness (QED) is 0.352. The molecule has 41 heavy (non-hydrogen) atoms. The Morgan fingerprint density at radius 1 is 1.07 bits per heavy atom. The number of allylic oxidation sites excluding steroid dienone is 1. The molecule has 0 unspecified atom stereocenters. The fourth-order valence-corrected chi connectivity index (χ4v) is 11.4. The van der Waals surface area contributed by atoms with E-state index in [0.29, 0.717) is 36.4 Å². The Labute approximate surface area is 247 Å². The van der Waals surface area contributed by atoms with E-state index in [9.17, 15) is 9.59 Å². The fraction of sp³-hybridized carbons (Fsp3) is 0.882. The van der Waals surface area contributed by atoms with Crippen LogP contribution in [0.2, 0.25) is 0 Å². The Hall–Kier alpha value is -1.44. The molecular formula is C34H54N4O3. The molecule has 7 rings (SSSR count). The van der Waals surface area contributed by atoms with Crippen molar-refractivity contribution >= 4 is 11.8 Å². The number of carbonyl (C=O) groups excluding carboxylic acids is 2. The molecule has 6 fully saturated rings. The maximum Gasteiger partial charge on any atom is 0.232 e. The number of nitrogens with one attached hydrogen (secondary N) is 3. The Balaban J connectivity index is 1.01. The number of piperazine rings is 1. The predicted octanol–water partition coefficient (Wildman–Crippen LogP) is 4.23. The number of carbonyl (C=O) groups is 2. The molecule has 11 atom stereocenters. The molecule has 2 amide bonds. The van der Waals surface area contributed by atoms with Crippen molar-refractivity contribution in [2.75, 3.05) is 32.7 Å². The summed E-state index contributed by atoms with van der Waals surface area (Å²) < 4.78 is 7.06. The lowest BCUT2D eigenvalue weighted by Crippen LogP contribution is -2.57. The monoisotopic (exact) mass is 566 g/mol. The van der Waals surface area contributed by atoms with Gasteiger partial charge in [0, 0.05) is 44.7 Å². The van der Waals surface area contributed by atoms with Crippen LogP contribution in [0.5, 0.6) is 0 Å². The van der Waals surface area contributed by atoms with Crippen molar-refractivity contribution in [2.24, 2.45) is 46.3 Å². The van der Waals surface area contributed by atoms with Gasteiger partial charge < -0.3 is 20.3 Å². The topological polar surface area (TPSA) is 82.7 Å². The zero-order valence-electron chi connectivity index (χ0n) is 26.0. The van der Waals surface area contributed by atoms with E-state index in [1.807, 2.05) is 4.90 Å². The second-order valence-corrected chi connectivity index (χ2v) is 15.7. The summed E-state index contributed by atoms with van der Waals surface area (Å²) in [6.07, 6.45) is 13.6. The zero-order chi connectivity index (χ0) is 28.6. The molecule has 0 radical (unpaired) electrons. The normalized spacial score (nSPS) is 49.0.